The van der Waals surface area contributed by atoms with E-state index in [1.807, 2.05) is 0 Å². The van der Waals surface area contributed by atoms with Crippen molar-refractivity contribution in [2.24, 2.45) is 0 Å². The molecule has 0 saturated heterocycles. The minimum absolute atomic E-state index is 0.0981. The lowest BCUT2D eigenvalue weighted by Gasteiger charge is -2.18. The lowest BCUT2D eigenvalue weighted by atomic mass is 9.91. The van der Waals surface area contributed by atoms with Gasteiger partial charge in [-0.1, -0.05) is 11.6 Å². The number of phenols is 3. The molecule has 0 radical (unpaired) electrons. The molecule has 1 fully saturated rings. The molecule has 0 bridgehead atoms. The van der Waals surface area contributed by atoms with Crippen molar-refractivity contribution < 1.29 is 25.2 Å². The van der Waals surface area contributed by atoms with Gasteiger partial charge < -0.3 is 20.4 Å². The Morgan fingerprint density at radius 2 is 1.88 bits per heavy atom. The molecule has 92 valence electrons. The number of hydrogen-bond donors (Lipinski definition) is 4. The number of aromatic hydroxyl groups is 3. The molecule has 1 saturated carbocycles. The molecule has 6 heteroatoms. The zero-order chi connectivity index (χ0) is 12.8. The molecule has 0 amide bonds. The summed E-state index contributed by atoms with van der Waals surface area (Å²) >= 11 is 5.86. The summed E-state index contributed by atoms with van der Waals surface area (Å²) in [5, 5.41) is 37.4. The second kappa shape index (κ2) is 3.70. The molecule has 1 aromatic rings. The Bertz CT molecular complexity index is 467. The van der Waals surface area contributed by atoms with E-state index in [9.17, 15) is 20.1 Å². The summed E-state index contributed by atoms with van der Waals surface area (Å²) in [5.74, 6) is -2.33. The molecule has 0 heterocycles. The van der Waals surface area contributed by atoms with Crippen molar-refractivity contribution in [2.45, 2.75) is 24.7 Å². The number of halogens is 1. The zero-order valence-electron chi connectivity index (χ0n) is 8.77. The van der Waals surface area contributed by atoms with E-state index in [-0.39, 0.29) is 22.8 Å². The Labute approximate surface area is 102 Å². The van der Waals surface area contributed by atoms with E-state index in [1.165, 1.54) is 0 Å². The number of hydrogen-bond acceptors (Lipinski definition) is 4. The van der Waals surface area contributed by atoms with Crippen LogP contribution in [0.5, 0.6) is 17.2 Å². The number of rotatable bonds is 3. The molecule has 1 aliphatic carbocycles. The second-order valence-corrected chi connectivity index (χ2v) is 4.68. The fourth-order valence-electron chi connectivity index (χ4n) is 2.06. The van der Waals surface area contributed by atoms with E-state index in [0.29, 0.717) is 12.8 Å². The van der Waals surface area contributed by atoms with Crippen LogP contribution >= 0.6 is 11.6 Å². The normalized spacial score (nSPS) is 16.8. The number of carboxylic acid groups (broad SMARTS) is 1. The van der Waals surface area contributed by atoms with Crippen LogP contribution in [0.2, 0.25) is 5.02 Å². The van der Waals surface area contributed by atoms with Crippen LogP contribution in [0.1, 0.15) is 24.8 Å². The number of aliphatic carboxylic acids is 1. The smallest absolute Gasteiger partial charge is 0.304 e. The fourth-order valence-corrected chi connectivity index (χ4v) is 2.41. The number of phenolic OH excluding ortho intramolecular Hbond substituents is 3. The average Bonchev–Trinajstić information content (AvgIpc) is 2.95. The van der Waals surface area contributed by atoms with Gasteiger partial charge in [0.2, 0.25) is 0 Å². The van der Waals surface area contributed by atoms with Gasteiger partial charge in [-0.2, -0.15) is 0 Å². The predicted molar refractivity (Wildman–Crippen MR) is 59.6 cm³/mol. The van der Waals surface area contributed by atoms with Gasteiger partial charge in [-0.15, -0.1) is 0 Å². The van der Waals surface area contributed by atoms with Gasteiger partial charge in [0.15, 0.2) is 11.5 Å². The van der Waals surface area contributed by atoms with Crippen molar-refractivity contribution >= 4 is 17.6 Å². The number of carboxylic acids is 1. The van der Waals surface area contributed by atoms with Crippen LogP contribution in [0.3, 0.4) is 0 Å². The molecule has 1 aliphatic rings. The van der Waals surface area contributed by atoms with Crippen molar-refractivity contribution in [3.05, 3.63) is 16.7 Å². The molecule has 4 N–H and O–H groups in total. The molecule has 0 unspecified atom stereocenters. The van der Waals surface area contributed by atoms with E-state index in [1.54, 1.807) is 0 Å². The van der Waals surface area contributed by atoms with E-state index in [4.69, 9.17) is 16.7 Å². The first-order valence-corrected chi connectivity index (χ1v) is 5.41. The van der Waals surface area contributed by atoms with E-state index in [2.05, 4.69) is 0 Å². The number of benzene rings is 1. The third-order valence-corrected chi connectivity index (χ3v) is 3.45. The Kier molecular flexibility index (Phi) is 2.58. The standard InChI is InChI=1S/C11H11ClO5/c12-9-5(13)3-6(14)10(17)8(9)11(1-2-11)4-7(15)16/h3,13-14,17H,1-2,4H2,(H,15,16). The number of carbonyl (C=O) groups is 1. The molecular weight excluding hydrogens is 248 g/mol. The summed E-state index contributed by atoms with van der Waals surface area (Å²) in [6, 6.07) is 0.929. The van der Waals surface area contributed by atoms with Crippen LogP contribution in [0.25, 0.3) is 0 Å². The lowest BCUT2D eigenvalue weighted by Crippen LogP contribution is -2.13. The maximum atomic E-state index is 10.8. The second-order valence-electron chi connectivity index (χ2n) is 4.30. The maximum absolute atomic E-state index is 10.8. The molecule has 1 aromatic carbocycles. The largest absolute Gasteiger partial charge is 0.506 e. The van der Waals surface area contributed by atoms with Gasteiger partial charge in [0.1, 0.15) is 5.75 Å². The molecule has 0 aliphatic heterocycles. The molecule has 5 nitrogen and oxygen atoms in total. The van der Waals surface area contributed by atoms with E-state index < -0.39 is 22.9 Å². The highest BCUT2D eigenvalue weighted by Crippen LogP contribution is 2.59. The van der Waals surface area contributed by atoms with Crippen LogP contribution in [-0.4, -0.2) is 26.4 Å². The summed E-state index contributed by atoms with van der Waals surface area (Å²) in [5.41, 5.74) is -0.650. The lowest BCUT2D eigenvalue weighted by molar-refractivity contribution is -0.137. The van der Waals surface area contributed by atoms with Crippen LogP contribution in [0.15, 0.2) is 6.07 Å². The van der Waals surface area contributed by atoms with E-state index in [0.717, 1.165) is 6.07 Å². The summed E-state index contributed by atoms with van der Waals surface area (Å²) in [6.07, 6.45) is 0.911. The van der Waals surface area contributed by atoms with Crippen molar-refractivity contribution in [1.82, 2.24) is 0 Å². The Hall–Kier alpha value is -1.62. The Morgan fingerprint density at radius 3 is 2.35 bits per heavy atom. The molecule has 17 heavy (non-hydrogen) atoms. The van der Waals surface area contributed by atoms with Gasteiger partial charge >= 0.3 is 5.97 Å². The van der Waals surface area contributed by atoms with Gasteiger partial charge in [0.05, 0.1) is 11.4 Å². The zero-order valence-corrected chi connectivity index (χ0v) is 9.53. The highest BCUT2D eigenvalue weighted by Gasteiger charge is 2.50. The first-order chi connectivity index (χ1) is 7.87. The molecule has 2 rings (SSSR count). The minimum atomic E-state index is -1.01. The van der Waals surface area contributed by atoms with Gasteiger partial charge in [-0.25, -0.2) is 0 Å². The van der Waals surface area contributed by atoms with Crippen LogP contribution in [0.4, 0.5) is 0 Å². The SMILES string of the molecule is O=C(O)CC1(c2c(O)c(O)cc(O)c2Cl)CC1. The Morgan fingerprint density at radius 1 is 1.29 bits per heavy atom. The molecule has 0 aromatic heterocycles. The average molecular weight is 259 g/mol. The highest BCUT2D eigenvalue weighted by atomic mass is 35.5. The minimum Gasteiger partial charge on any atom is -0.506 e. The molecule has 0 spiro atoms. The highest BCUT2D eigenvalue weighted by molar-refractivity contribution is 6.33. The van der Waals surface area contributed by atoms with Gasteiger partial charge in [0.25, 0.3) is 0 Å². The van der Waals surface area contributed by atoms with Crippen molar-refractivity contribution in [3.8, 4) is 17.2 Å². The fraction of sp³-hybridized carbons (Fsp3) is 0.364. The van der Waals surface area contributed by atoms with Crippen molar-refractivity contribution in [1.29, 1.82) is 0 Å². The van der Waals surface area contributed by atoms with Crippen LogP contribution in [-0.2, 0) is 10.2 Å². The van der Waals surface area contributed by atoms with Gasteiger partial charge in [0, 0.05) is 17.0 Å². The third-order valence-electron chi connectivity index (χ3n) is 3.07. The quantitative estimate of drug-likeness (QED) is 0.491. The monoisotopic (exact) mass is 258 g/mol. The van der Waals surface area contributed by atoms with E-state index >= 15 is 0 Å². The van der Waals surface area contributed by atoms with Crippen LogP contribution < -0.4 is 0 Å². The Balaban J connectivity index is 2.55. The van der Waals surface area contributed by atoms with Crippen molar-refractivity contribution in [3.63, 3.8) is 0 Å². The van der Waals surface area contributed by atoms with Crippen LogP contribution in [0, 0.1) is 0 Å². The van der Waals surface area contributed by atoms with Crippen molar-refractivity contribution in [2.75, 3.05) is 0 Å². The molecular formula is C11H11ClO5. The third kappa shape index (κ3) is 1.86. The molecule has 0 atom stereocenters. The summed E-state index contributed by atoms with van der Waals surface area (Å²) in [7, 11) is 0. The first kappa shape index (κ1) is 11.9. The summed E-state index contributed by atoms with van der Waals surface area (Å²) < 4.78 is 0. The predicted octanol–water partition coefficient (Wildman–Crippen LogP) is 1.96. The topological polar surface area (TPSA) is 98.0 Å². The summed E-state index contributed by atoms with van der Waals surface area (Å²) in [6.45, 7) is 0. The van der Waals surface area contributed by atoms with Gasteiger partial charge in [-0.05, 0) is 12.8 Å². The maximum Gasteiger partial charge on any atom is 0.304 e. The summed E-state index contributed by atoms with van der Waals surface area (Å²) in [4.78, 5) is 10.8. The van der Waals surface area contributed by atoms with Gasteiger partial charge in [-0.3, -0.25) is 4.79 Å². The first-order valence-electron chi connectivity index (χ1n) is 5.03.